The number of rotatable bonds is 9. The number of carbonyl (C=O) groups is 1. The molecule has 0 heterocycles. The van der Waals surface area contributed by atoms with Crippen LogP contribution < -0.4 is 0 Å². The summed E-state index contributed by atoms with van der Waals surface area (Å²) in [6.45, 7) is 2.14. The minimum Gasteiger partial charge on any atom is -0.460 e. The van der Waals surface area contributed by atoms with Crippen LogP contribution >= 0.6 is 0 Å². The first-order valence-electron chi connectivity index (χ1n) is 5.46. The van der Waals surface area contributed by atoms with Crippen molar-refractivity contribution in [2.24, 2.45) is 0 Å². The third-order valence-corrected chi connectivity index (χ3v) is 1.89. The molecule has 0 aromatic rings. The molecule has 0 amide bonds. The third-order valence-electron chi connectivity index (χ3n) is 1.89. The van der Waals surface area contributed by atoms with Crippen LogP contribution in [0.25, 0.3) is 0 Å². The van der Waals surface area contributed by atoms with Gasteiger partial charge >= 0.3 is 5.97 Å². The van der Waals surface area contributed by atoms with Gasteiger partial charge in [0.05, 0.1) is 19.8 Å². The maximum Gasteiger partial charge on any atom is 0.333 e. The van der Waals surface area contributed by atoms with Gasteiger partial charge in [0.25, 0.3) is 0 Å². The molecule has 17 heavy (non-hydrogen) atoms. The highest BCUT2D eigenvalue weighted by Crippen LogP contribution is 2.02. The van der Waals surface area contributed by atoms with E-state index in [4.69, 9.17) is 24.8 Å². The lowest BCUT2D eigenvalue weighted by atomic mass is 10.2. The second-order valence-electron chi connectivity index (χ2n) is 3.42. The molecule has 0 rings (SSSR count). The Bertz CT molecular complexity index is 236. The Balaban J connectivity index is 3.66. The lowest BCUT2D eigenvalue weighted by Crippen LogP contribution is -2.12. The van der Waals surface area contributed by atoms with Gasteiger partial charge in [-0.2, -0.15) is 0 Å². The van der Waals surface area contributed by atoms with Crippen LogP contribution in [0.15, 0.2) is 11.6 Å². The number of esters is 1. The normalized spacial score (nSPS) is 11.9. The van der Waals surface area contributed by atoms with E-state index in [1.165, 1.54) is 0 Å². The smallest absolute Gasteiger partial charge is 0.333 e. The zero-order valence-electron chi connectivity index (χ0n) is 9.96. The first-order valence-corrected chi connectivity index (χ1v) is 5.46. The Morgan fingerprint density at radius 3 is 2.59 bits per heavy atom. The van der Waals surface area contributed by atoms with E-state index < -0.39 is 12.3 Å². The molecule has 0 radical (unpaired) electrons. The van der Waals surface area contributed by atoms with Gasteiger partial charge in [-0.05, 0) is 13.3 Å². The quantitative estimate of drug-likeness (QED) is 0.222. The van der Waals surface area contributed by atoms with Gasteiger partial charge in [0.2, 0.25) is 0 Å². The van der Waals surface area contributed by atoms with Crippen LogP contribution in [0.1, 0.15) is 19.8 Å². The summed E-state index contributed by atoms with van der Waals surface area (Å²) in [5.74, 6) is -0.454. The topological polar surface area (TPSA) is 96.2 Å². The summed E-state index contributed by atoms with van der Waals surface area (Å²) < 4.78 is 9.78. The standard InChI is InChI=1S/C11H20O6/c1-9(3-2-4-10(13)14)11(15)17-8-7-16-6-5-12/h3,10,12-14H,2,4-8H2,1H3. The SMILES string of the molecule is CC(=CCCC(O)O)C(=O)OCCOCCO. The molecule has 0 atom stereocenters. The molecule has 0 aromatic heterocycles. The summed E-state index contributed by atoms with van der Waals surface area (Å²) in [6.07, 6.45) is 0.821. The summed E-state index contributed by atoms with van der Waals surface area (Å²) >= 11 is 0. The average Bonchev–Trinajstić information content (AvgIpc) is 2.27. The minimum absolute atomic E-state index is 0.0592. The third kappa shape index (κ3) is 9.95. The molecule has 0 bridgehead atoms. The van der Waals surface area contributed by atoms with Crippen LogP contribution in [-0.2, 0) is 14.3 Å². The molecule has 3 N–H and O–H groups in total. The first-order chi connectivity index (χ1) is 8.07. The molecular formula is C11H20O6. The number of hydrogen-bond donors (Lipinski definition) is 3. The van der Waals surface area contributed by atoms with Crippen molar-refractivity contribution in [1.82, 2.24) is 0 Å². The zero-order chi connectivity index (χ0) is 13.1. The first kappa shape index (κ1) is 16.1. The molecule has 0 aliphatic rings. The summed E-state index contributed by atoms with van der Waals surface area (Å²) in [4.78, 5) is 11.3. The number of aliphatic hydroxyl groups excluding tert-OH is 2. The fraction of sp³-hybridized carbons (Fsp3) is 0.727. The Morgan fingerprint density at radius 1 is 1.29 bits per heavy atom. The predicted octanol–water partition coefficient (Wildman–Crippen LogP) is -0.424. The van der Waals surface area contributed by atoms with E-state index in [0.29, 0.717) is 12.0 Å². The lowest BCUT2D eigenvalue weighted by molar-refractivity contribution is -0.140. The van der Waals surface area contributed by atoms with Gasteiger partial charge in [-0.25, -0.2) is 4.79 Å². The van der Waals surface area contributed by atoms with Crippen LogP contribution in [0.2, 0.25) is 0 Å². The van der Waals surface area contributed by atoms with Crippen LogP contribution in [0.3, 0.4) is 0 Å². The van der Waals surface area contributed by atoms with E-state index in [0.717, 1.165) is 0 Å². The van der Waals surface area contributed by atoms with Gasteiger partial charge in [-0.1, -0.05) is 6.08 Å². The summed E-state index contributed by atoms with van der Waals surface area (Å²) in [7, 11) is 0. The van der Waals surface area contributed by atoms with E-state index in [1.807, 2.05) is 0 Å². The van der Waals surface area contributed by atoms with E-state index in [1.54, 1.807) is 13.0 Å². The number of carbonyl (C=O) groups excluding carboxylic acids is 1. The maximum absolute atomic E-state index is 11.3. The van der Waals surface area contributed by atoms with Gasteiger partial charge in [0.1, 0.15) is 6.61 Å². The second-order valence-corrected chi connectivity index (χ2v) is 3.42. The molecule has 0 aliphatic carbocycles. The maximum atomic E-state index is 11.3. The largest absolute Gasteiger partial charge is 0.460 e. The molecule has 6 nitrogen and oxygen atoms in total. The molecule has 0 spiro atoms. The molecule has 6 heteroatoms. The molecule has 0 saturated carbocycles. The van der Waals surface area contributed by atoms with Crippen molar-refractivity contribution in [2.75, 3.05) is 26.4 Å². The number of allylic oxidation sites excluding steroid dienone is 1. The van der Waals surface area contributed by atoms with E-state index >= 15 is 0 Å². The van der Waals surface area contributed by atoms with Crippen molar-refractivity contribution in [2.45, 2.75) is 26.1 Å². The fourth-order valence-electron chi connectivity index (χ4n) is 1.01. The zero-order valence-corrected chi connectivity index (χ0v) is 9.96. The van der Waals surface area contributed by atoms with E-state index in [9.17, 15) is 4.79 Å². The Kier molecular flexibility index (Phi) is 9.65. The van der Waals surface area contributed by atoms with E-state index in [2.05, 4.69) is 0 Å². The Hall–Kier alpha value is -0.950. The average molecular weight is 248 g/mol. The Morgan fingerprint density at radius 2 is 2.00 bits per heavy atom. The van der Waals surface area contributed by atoms with Gasteiger partial charge in [-0.15, -0.1) is 0 Å². The number of hydrogen-bond acceptors (Lipinski definition) is 6. The monoisotopic (exact) mass is 248 g/mol. The summed E-state index contributed by atoms with van der Waals surface area (Å²) in [6, 6.07) is 0. The van der Waals surface area contributed by atoms with Crippen molar-refractivity contribution in [3.05, 3.63) is 11.6 Å². The highest BCUT2D eigenvalue weighted by atomic mass is 16.6. The van der Waals surface area contributed by atoms with E-state index in [-0.39, 0.29) is 32.8 Å². The molecule has 0 fully saturated rings. The molecule has 0 aliphatic heterocycles. The second kappa shape index (κ2) is 10.2. The minimum atomic E-state index is -1.36. The van der Waals surface area contributed by atoms with Crippen LogP contribution in [-0.4, -0.2) is 54.0 Å². The van der Waals surface area contributed by atoms with Gasteiger partial charge < -0.3 is 24.8 Å². The van der Waals surface area contributed by atoms with Crippen molar-refractivity contribution in [1.29, 1.82) is 0 Å². The molecule has 0 saturated heterocycles. The number of ether oxygens (including phenoxy) is 2. The highest BCUT2D eigenvalue weighted by Gasteiger charge is 2.05. The molecule has 0 unspecified atom stereocenters. The van der Waals surface area contributed by atoms with Crippen molar-refractivity contribution >= 4 is 5.97 Å². The van der Waals surface area contributed by atoms with Gasteiger partial charge in [-0.3, -0.25) is 0 Å². The fourth-order valence-corrected chi connectivity index (χ4v) is 1.01. The summed E-state index contributed by atoms with van der Waals surface area (Å²) in [5, 5.41) is 25.6. The van der Waals surface area contributed by atoms with Crippen molar-refractivity contribution < 1.29 is 29.6 Å². The molecular weight excluding hydrogens is 228 g/mol. The van der Waals surface area contributed by atoms with Crippen molar-refractivity contribution in [3.8, 4) is 0 Å². The van der Waals surface area contributed by atoms with Crippen LogP contribution in [0, 0.1) is 0 Å². The summed E-state index contributed by atoms with van der Waals surface area (Å²) in [5.41, 5.74) is 0.424. The lowest BCUT2D eigenvalue weighted by Gasteiger charge is -2.05. The van der Waals surface area contributed by atoms with Crippen LogP contribution in [0.4, 0.5) is 0 Å². The highest BCUT2D eigenvalue weighted by molar-refractivity contribution is 5.87. The predicted molar refractivity (Wildman–Crippen MR) is 60.1 cm³/mol. The molecule has 0 aromatic carbocycles. The Labute approximate surface area is 100 Å². The van der Waals surface area contributed by atoms with Gasteiger partial charge in [0.15, 0.2) is 6.29 Å². The van der Waals surface area contributed by atoms with Crippen LogP contribution in [0.5, 0.6) is 0 Å². The van der Waals surface area contributed by atoms with Crippen molar-refractivity contribution in [3.63, 3.8) is 0 Å². The van der Waals surface area contributed by atoms with Gasteiger partial charge in [0, 0.05) is 12.0 Å². The number of aliphatic hydroxyl groups is 3. The molecule has 100 valence electrons.